The normalized spacial score (nSPS) is 20.0. The van der Waals surface area contributed by atoms with Gasteiger partial charge in [-0.15, -0.1) is 0 Å². The Morgan fingerprint density at radius 3 is 2.74 bits per heavy atom. The molecular formula is C20H30ClFN6O3. The fraction of sp³-hybridized carbons (Fsp3) is 0.550. The van der Waals surface area contributed by atoms with Crippen LogP contribution in [-0.2, 0) is 4.74 Å². The lowest BCUT2D eigenvalue weighted by atomic mass is 10.2. The predicted molar refractivity (Wildman–Crippen MR) is 119 cm³/mol. The summed E-state index contributed by atoms with van der Waals surface area (Å²) in [5.74, 6) is 0.147. The molecule has 9 nitrogen and oxygen atoms in total. The van der Waals surface area contributed by atoms with Gasteiger partial charge in [-0.2, -0.15) is 0 Å². The van der Waals surface area contributed by atoms with Gasteiger partial charge >= 0.3 is 12.1 Å². The topological polar surface area (TPSA) is 107 Å². The summed E-state index contributed by atoms with van der Waals surface area (Å²) >= 11 is 5.73. The molecule has 2 rings (SSSR count). The molecule has 0 bridgehead atoms. The number of aliphatic imine (C=N–C) groups is 1. The highest BCUT2D eigenvalue weighted by atomic mass is 35.5. The molecule has 1 aliphatic rings. The van der Waals surface area contributed by atoms with Crippen LogP contribution < -0.4 is 21.3 Å². The Kier molecular flexibility index (Phi) is 8.46. The summed E-state index contributed by atoms with van der Waals surface area (Å²) in [5, 5.41) is 11.6. The maximum Gasteiger partial charge on any atom is 0.410 e. The fourth-order valence-corrected chi connectivity index (χ4v) is 2.91. The number of carbonyl (C=O) groups excluding carboxylic acids is 2. The predicted octanol–water partition coefficient (Wildman–Crippen LogP) is 3.12. The lowest BCUT2D eigenvalue weighted by Gasteiger charge is -2.32. The Balaban J connectivity index is 1.85. The summed E-state index contributed by atoms with van der Waals surface area (Å²) in [6.07, 6.45) is -0.317. The van der Waals surface area contributed by atoms with E-state index in [2.05, 4.69) is 26.3 Å². The molecule has 0 aliphatic carbocycles. The van der Waals surface area contributed by atoms with Gasteiger partial charge in [0, 0.05) is 31.7 Å². The number of rotatable bonds is 5. The van der Waals surface area contributed by atoms with Gasteiger partial charge < -0.3 is 25.6 Å². The molecule has 0 saturated carbocycles. The van der Waals surface area contributed by atoms with Crippen molar-refractivity contribution in [2.75, 3.05) is 25.5 Å². The number of anilines is 1. The number of carbonyl (C=O) groups is 2. The summed E-state index contributed by atoms with van der Waals surface area (Å²) in [6.45, 7) is 8.19. The molecule has 11 heteroatoms. The van der Waals surface area contributed by atoms with Gasteiger partial charge in [-0.3, -0.25) is 10.3 Å². The maximum absolute atomic E-state index is 13.2. The molecule has 1 aliphatic heterocycles. The van der Waals surface area contributed by atoms with Crippen molar-refractivity contribution >= 4 is 35.2 Å². The molecule has 3 amide bonds. The molecule has 31 heavy (non-hydrogen) atoms. The van der Waals surface area contributed by atoms with Crippen molar-refractivity contribution in [2.24, 2.45) is 4.99 Å². The molecule has 1 aromatic carbocycles. The van der Waals surface area contributed by atoms with E-state index in [-0.39, 0.29) is 11.1 Å². The molecule has 4 N–H and O–H groups in total. The number of likely N-dealkylation sites (N-methyl/N-ethyl adjacent to an activating group) is 1. The van der Waals surface area contributed by atoms with E-state index < -0.39 is 29.8 Å². The zero-order chi connectivity index (χ0) is 23.2. The van der Waals surface area contributed by atoms with Crippen molar-refractivity contribution in [3.05, 3.63) is 29.0 Å². The summed E-state index contributed by atoms with van der Waals surface area (Å²) in [4.78, 5) is 30.2. The highest BCUT2D eigenvalue weighted by Crippen LogP contribution is 2.19. The fourth-order valence-electron chi connectivity index (χ4n) is 2.73. The zero-order valence-corrected chi connectivity index (χ0v) is 19.1. The number of urea groups is 1. The molecule has 172 valence electrons. The molecule has 0 radical (unpaired) electrons. The number of benzene rings is 1. The molecular weight excluding hydrogens is 427 g/mol. The van der Waals surface area contributed by atoms with Gasteiger partial charge in [0.2, 0.25) is 0 Å². The Morgan fingerprint density at radius 1 is 1.39 bits per heavy atom. The molecule has 1 aromatic rings. The molecule has 1 fully saturated rings. The zero-order valence-electron chi connectivity index (χ0n) is 18.4. The average molecular weight is 457 g/mol. The van der Waals surface area contributed by atoms with E-state index in [9.17, 15) is 14.0 Å². The number of amidine groups is 1. The summed E-state index contributed by atoms with van der Waals surface area (Å²) in [5.41, 5.74) is -0.186. The van der Waals surface area contributed by atoms with Crippen LogP contribution in [0.3, 0.4) is 0 Å². The SMILES string of the molecule is CC1CC(=NCCN(C)C(=O)OC(C)(C)C)NC(NC(=O)Nc2ccc(F)c(Cl)c2)N1. The van der Waals surface area contributed by atoms with Crippen LogP contribution in [0.5, 0.6) is 0 Å². The second kappa shape index (κ2) is 10.6. The van der Waals surface area contributed by atoms with Crippen molar-refractivity contribution in [2.45, 2.75) is 52.0 Å². The van der Waals surface area contributed by atoms with Gasteiger partial charge in [0.25, 0.3) is 0 Å². The van der Waals surface area contributed by atoms with Crippen LogP contribution in [-0.4, -0.2) is 60.9 Å². The quantitative estimate of drug-likeness (QED) is 0.544. The summed E-state index contributed by atoms with van der Waals surface area (Å²) < 4.78 is 18.6. The van der Waals surface area contributed by atoms with E-state index in [1.807, 2.05) is 27.7 Å². The van der Waals surface area contributed by atoms with Crippen LogP contribution >= 0.6 is 11.6 Å². The molecule has 2 atom stereocenters. The van der Waals surface area contributed by atoms with Gasteiger partial charge in [-0.1, -0.05) is 11.6 Å². The van der Waals surface area contributed by atoms with Crippen LogP contribution in [0.1, 0.15) is 34.1 Å². The number of nitrogens with one attached hydrogen (secondary N) is 4. The summed E-state index contributed by atoms with van der Waals surface area (Å²) in [6, 6.07) is 3.49. The smallest absolute Gasteiger partial charge is 0.410 e. The van der Waals surface area contributed by atoms with Crippen LogP contribution in [0.15, 0.2) is 23.2 Å². The minimum absolute atomic E-state index is 0.0640. The van der Waals surface area contributed by atoms with Crippen molar-refractivity contribution in [3.63, 3.8) is 0 Å². The lowest BCUT2D eigenvalue weighted by molar-refractivity contribution is 0.0304. The van der Waals surface area contributed by atoms with E-state index in [0.29, 0.717) is 31.0 Å². The lowest BCUT2D eigenvalue weighted by Crippen LogP contribution is -2.63. The Bertz CT molecular complexity index is 830. The Morgan fingerprint density at radius 2 is 2.10 bits per heavy atom. The standard InChI is InChI=1S/C20H30ClFN6O3/c1-12-10-16(23-8-9-28(5)19(30)31-20(2,3)4)26-17(24-12)27-18(29)25-13-6-7-15(22)14(21)11-13/h6-7,11-12,17,24H,8-10H2,1-5H3,(H,23,26)(H2,25,27,29). The van der Waals surface area contributed by atoms with E-state index in [1.54, 1.807) is 7.05 Å². The first-order chi connectivity index (χ1) is 14.4. The maximum atomic E-state index is 13.2. The second-order valence-corrected chi connectivity index (χ2v) is 8.71. The third kappa shape index (κ3) is 8.58. The average Bonchev–Trinajstić information content (AvgIpc) is 2.62. The monoisotopic (exact) mass is 456 g/mol. The number of hydrogen-bond acceptors (Lipinski definition) is 5. The molecule has 0 aromatic heterocycles. The third-order valence-electron chi connectivity index (χ3n) is 4.16. The Labute approximate surface area is 186 Å². The van der Waals surface area contributed by atoms with Crippen molar-refractivity contribution in [3.8, 4) is 0 Å². The Hall–Kier alpha value is -2.59. The second-order valence-electron chi connectivity index (χ2n) is 8.31. The van der Waals surface area contributed by atoms with Gasteiger partial charge in [0.1, 0.15) is 17.3 Å². The first-order valence-electron chi connectivity index (χ1n) is 9.95. The molecule has 1 heterocycles. The molecule has 1 saturated heterocycles. The van der Waals surface area contributed by atoms with E-state index in [0.717, 1.165) is 0 Å². The highest BCUT2D eigenvalue weighted by Gasteiger charge is 2.23. The van der Waals surface area contributed by atoms with Gasteiger partial charge in [0.15, 0.2) is 6.29 Å². The number of ether oxygens (including phenoxy) is 1. The first kappa shape index (κ1) is 24.7. The minimum Gasteiger partial charge on any atom is -0.444 e. The summed E-state index contributed by atoms with van der Waals surface area (Å²) in [7, 11) is 1.66. The van der Waals surface area contributed by atoms with Crippen LogP contribution in [0.4, 0.5) is 19.7 Å². The van der Waals surface area contributed by atoms with Gasteiger partial charge in [0.05, 0.1) is 11.6 Å². The number of amides is 3. The molecule has 0 spiro atoms. The highest BCUT2D eigenvalue weighted by molar-refractivity contribution is 6.31. The number of nitrogens with zero attached hydrogens (tertiary/aromatic N) is 2. The minimum atomic E-state index is -0.560. The largest absolute Gasteiger partial charge is 0.444 e. The van der Waals surface area contributed by atoms with E-state index in [4.69, 9.17) is 16.3 Å². The van der Waals surface area contributed by atoms with E-state index >= 15 is 0 Å². The van der Waals surface area contributed by atoms with Crippen molar-refractivity contribution in [1.82, 2.24) is 20.9 Å². The van der Waals surface area contributed by atoms with Gasteiger partial charge in [-0.05, 0) is 45.9 Å². The van der Waals surface area contributed by atoms with Crippen LogP contribution in [0.2, 0.25) is 5.02 Å². The van der Waals surface area contributed by atoms with E-state index in [1.165, 1.54) is 23.1 Å². The van der Waals surface area contributed by atoms with Crippen LogP contribution in [0.25, 0.3) is 0 Å². The number of halogens is 2. The third-order valence-corrected chi connectivity index (χ3v) is 4.45. The van der Waals surface area contributed by atoms with Gasteiger partial charge in [-0.25, -0.2) is 14.0 Å². The van der Waals surface area contributed by atoms with Crippen LogP contribution in [0, 0.1) is 5.82 Å². The van der Waals surface area contributed by atoms with Crippen molar-refractivity contribution < 1.29 is 18.7 Å². The van der Waals surface area contributed by atoms with Crippen molar-refractivity contribution in [1.29, 1.82) is 0 Å². The molecule has 2 unspecified atom stereocenters. The first-order valence-corrected chi connectivity index (χ1v) is 10.3. The number of hydrogen-bond donors (Lipinski definition) is 4.